The second-order valence-electron chi connectivity index (χ2n) is 7.83. The van der Waals surface area contributed by atoms with Crippen LogP contribution in [0.2, 0.25) is 0 Å². The van der Waals surface area contributed by atoms with Crippen LogP contribution in [0, 0.1) is 6.92 Å². The molecule has 0 spiro atoms. The second-order valence-corrected chi connectivity index (χ2v) is 8.84. The normalized spacial score (nSPS) is 15.6. The van der Waals surface area contributed by atoms with Crippen molar-refractivity contribution < 1.29 is 19.0 Å². The maximum Gasteiger partial charge on any atom is 0.338 e. The van der Waals surface area contributed by atoms with E-state index in [-0.39, 0.29) is 12.2 Å². The van der Waals surface area contributed by atoms with Crippen LogP contribution in [-0.2, 0) is 9.53 Å². The predicted octanol–water partition coefficient (Wildman–Crippen LogP) is 3.12. The minimum atomic E-state index is -0.622. The maximum absolute atomic E-state index is 13.6. The van der Waals surface area contributed by atoms with E-state index < -0.39 is 12.0 Å². The Bertz CT molecular complexity index is 1450. The van der Waals surface area contributed by atoms with Crippen LogP contribution in [0.3, 0.4) is 0 Å². The molecule has 0 saturated carbocycles. The quantitative estimate of drug-likeness (QED) is 0.509. The minimum absolute atomic E-state index is 0.224. The van der Waals surface area contributed by atoms with Crippen molar-refractivity contribution in [2.75, 3.05) is 20.8 Å². The highest BCUT2D eigenvalue weighted by atomic mass is 32.1. The molecule has 2 aromatic carbocycles. The lowest BCUT2D eigenvalue weighted by Gasteiger charge is -2.24. The summed E-state index contributed by atoms with van der Waals surface area (Å²) >= 11 is 1.28. The number of allylic oxidation sites excluding steroid dienone is 1. The molecule has 0 unspecified atom stereocenters. The van der Waals surface area contributed by atoms with Gasteiger partial charge in [-0.25, -0.2) is 9.79 Å². The van der Waals surface area contributed by atoms with E-state index >= 15 is 0 Å². The van der Waals surface area contributed by atoms with Gasteiger partial charge in [-0.3, -0.25) is 9.36 Å². The van der Waals surface area contributed by atoms with Crippen LogP contribution in [0.15, 0.2) is 63.5 Å². The van der Waals surface area contributed by atoms with Crippen molar-refractivity contribution in [2.45, 2.75) is 26.8 Å². The zero-order valence-electron chi connectivity index (χ0n) is 19.7. The molecule has 0 fully saturated rings. The fourth-order valence-electron chi connectivity index (χ4n) is 3.95. The molecule has 0 saturated heterocycles. The van der Waals surface area contributed by atoms with Gasteiger partial charge in [-0.1, -0.05) is 47.2 Å². The number of thiazole rings is 1. The monoisotopic (exact) mass is 478 g/mol. The molecule has 3 aromatic rings. The number of hydrogen-bond donors (Lipinski definition) is 0. The molecule has 2 heterocycles. The van der Waals surface area contributed by atoms with Crippen LogP contribution in [0.1, 0.15) is 36.6 Å². The molecule has 4 rings (SSSR count). The van der Waals surface area contributed by atoms with Crippen LogP contribution in [-0.4, -0.2) is 31.4 Å². The van der Waals surface area contributed by atoms with Gasteiger partial charge in [0.05, 0.1) is 42.7 Å². The van der Waals surface area contributed by atoms with E-state index in [1.807, 2.05) is 43.3 Å². The summed E-state index contributed by atoms with van der Waals surface area (Å²) < 4.78 is 18.1. The van der Waals surface area contributed by atoms with Gasteiger partial charge in [-0.05, 0) is 50.1 Å². The third-order valence-electron chi connectivity index (χ3n) is 5.62. The maximum atomic E-state index is 13.6. The average molecular weight is 479 g/mol. The Morgan fingerprint density at radius 3 is 2.44 bits per heavy atom. The van der Waals surface area contributed by atoms with Crippen LogP contribution in [0.25, 0.3) is 6.08 Å². The smallest absolute Gasteiger partial charge is 0.338 e. The average Bonchev–Trinajstić information content (AvgIpc) is 3.13. The van der Waals surface area contributed by atoms with Gasteiger partial charge in [0.25, 0.3) is 5.56 Å². The zero-order valence-corrected chi connectivity index (χ0v) is 20.6. The predicted molar refractivity (Wildman–Crippen MR) is 131 cm³/mol. The van der Waals surface area contributed by atoms with Crippen molar-refractivity contribution in [3.8, 4) is 11.5 Å². The molecule has 1 atom stereocenters. The number of aromatic nitrogens is 1. The first-order valence-corrected chi connectivity index (χ1v) is 11.7. The van der Waals surface area contributed by atoms with Gasteiger partial charge in [0.15, 0.2) is 16.3 Å². The number of hydrogen-bond acceptors (Lipinski definition) is 7. The molecule has 1 aromatic heterocycles. The van der Waals surface area contributed by atoms with E-state index in [0.29, 0.717) is 32.1 Å². The number of rotatable bonds is 6. The summed E-state index contributed by atoms with van der Waals surface area (Å²) in [4.78, 5) is 31.7. The summed E-state index contributed by atoms with van der Waals surface area (Å²) in [5.74, 6) is 0.709. The highest BCUT2D eigenvalue weighted by Crippen LogP contribution is 2.31. The van der Waals surface area contributed by atoms with Crippen LogP contribution in [0.4, 0.5) is 0 Å². The summed E-state index contributed by atoms with van der Waals surface area (Å²) in [6, 6.07) is 12.6. The Morgan fingerprint density at radius 2 is 1.79 bits per heavy atom. The first-order valence-electron chi connectivity index (χ1n) is 10.9. The van der Waals surface area contributed by atoms with E-state index in [1.165, 1.54) is 11.3 Å². The fraction of sp³-hybridized carbons (Fsp3) is 0.269. The molecule has 7 nitrogen and oxygen atoms in total. The summed E-state index contributed by atoms with van der Waals surface area (Å²) in [5, 5.41) is 0. The van der Waals surface area contributed by atoms with E-state index in [9.17, 15) is 9.59 Å². The Labute approximate surface area is 201 Å². The summed E-state index contributed by atoms with van der Waals surface area (Å²) in [6.45, 7) is 5.76. The summed E-state index contributed by atoms with van der Waals surface area (Å²) in [6.07, 6.45) is 1.79. The first kappa shape index (κ1) is 23.5. The molecule has 0 amide bonds. The van der Waals surface area contributed by atoms with Gasteiger partial charge < -0.3 is 14.2 Å². The van der Waals surface area contributed by atoms with E-state index in [0.717, 1.165) is 16.7 Å². The summed E-state index contributed by atoms with van der Waals surface area (Å²) in [7, 11) is 3.14. The largest absolute Gasteiger partial charge is 0.493 e. The Morgan fingerprint density at radius 1 is 1.09 bits per heavy atom. The molecule has 1 aliphatic rings. The van der Waals surface area contributed by atoms with Crippen molar-refractivity contribution in [1.29, 1.82) is 0 Å². The Hall–Kier alpha value is -3.65. The molecule has 1 aliphatic heterocycles. The van der Waals surface area contributed by atoms with E-state index in [1.54, 1.807) is 44.8 Å². The number of methoxy groups -OCH3 is 2. The fourth-order valence-corrected chi connectivity index (χ4v) is 5.00. The summed E-state index contributed by atoms with van der Waals surface area (Å²) in [5.41, 5.74) is 3.39. The van der Waals surface area contributed by atoms with Crippen LogP contribution in [0.5, 0.6) is 11.5 Å². The minimum Gasteiger partial charge on any atom is -0.493 e. The van der Waals surface area contributed by atoms with Crippen molar-refractivity contribution in [1.82, 2.24) is 4.57 Å². The molecule has 8 heteroatoms. The van der Waals surface area contributed by atoms with Gasteiger partial charge in [0, 0.05) is 0 Å². The number of nitrogens with zero attached hydrogens (tertiary/aromatic N) is 2. The Kier molecular flexibility index (Phi) is 6.70. The molecule has 0 bridgehead atoms. The third-order valence-corrected chi connectivity index (χ3v) is 6.60. The molecular formula is C26H26N2O5S. The molecule has 0 radical (unpaired) electrons. The van der Waals surface area contributed by atoms with Gasteiger partial charge in [-0.15, -0.1) is 0 Å². The van der Waals surface area contributed by atoms with Crippen molar-refractivity contribution in [2.24, 2.45) is 4.99 Å². The number of carbonyl (C=O) groups excluding carboxylic acids is 1. The number of fused-ring (bicyclic) bond motifs is 1. The van der Waals surface area contributed by atoms with Gasteiger partial charge in [0.2, 0.25) is 0 Å². The van der Waals surface area contributed by atoms with Crippen molar-refractivity contribution >= 4 is 23.4 Å². The lowest BCUT2D eigenvalue weighted by atomic mass is 9.95. The number of esters is 1. The molecule has 0 N–H and O–H groups in total. The number of carbonyl (C=O) groups is 1. The lowest BCUT2D eigenvalue weighted by molar-refractivity contribution is -0.139. The van der Waals surface area contributed by atoms with E-state index in [2.05, 4.69) is 4.99 Å². The van der Waals surface area contributed by atoms with Gasteiger partial charge in [-0.2, -0.15) is 0 Å². The number of aryl methyl sites for hydroxylation is 1. The first-order chi connectivity index (χ1) is 16.4. The highest BCUT2D eigenvalue weighted by molar-refractivity contribution is 7.07. The highest BCUT2D eigenvalue weighted by Gasteiger charge is 2.33. The zero-order chi connectivity index (χ0) is 24.4. The van der Waals surface area contributed by atoms with Gasteiger partial charge >= 0.3 is 5.97 Å². The third kappa shape index (κ3) is 4.28. The second kappa shape index (κ2) is 9.69. The van der Waals surface area contributed by atoms with Gasteiger partial charge in [0.1, 0.15) is 0 Å². The Balaban J connectivity index is 1.92. The number of ether oxygens (including phenoxy) is 3. The standard InChI is InChI=1S/C26H26N2O5S/c1-6-33-25(30)22-16(3)27-26-28(23(22)18-10-7-15(2)8-11-18)24(29)21(34-26)14-17-9-12-19(31-4)20(13-17)32-5/h7-14,23H,6H2,1-5H3/b21-14-/t23-/m1/s1. The molecule has 176 valence electrons. The van der Waals surface area contributed by atoms with E-state index in [4.69, 9.17) is 14.2 Å². The SMILES string of the molecule is CCOC(=O)C1=C(C)N=c2s/c(=C\c3ccc(OC)c(OC)c3)c(=O)n2[C@@H]1c1ccc(C)cc1. The molecule has 0 aliphatic carbocycles. The van der Waals surface area contributed by atoms with Crippen molar-refractivity contribution in [3.63, 3.8) is 0 Å². The molecule has 34 heavy (non-hydrogen) atoms. The molecular weight excluding hydrogens is 452 g/mol. The number of benzene rings is 2. The topological polar surface area (TPSA) is 79.1 Å². The van der Waals surface area contributed by atoms with Crippen LogP contribution < -0.4 is 24.4 Å². The van der Waals surface area contributed by atoms with Crippen LogP contribution >= 0.6 is 11.3 Å². The lowest BCUT2D eigenvalue weighted by Crippen LogP contribution is -2.39. The van der Waals surface area contributed by atoms with Crippen molar-refractivity contribution in [3.05, 3.63) is 90.1 Å².